The zero-order valence-electron chi connectivity index (χ0n) is 25.2. The molecule has 2 aromatic heterocycles. The van der Waals surface area contributed by atoms with Crippen molar-refractivity contribution < 1.29 is 35.5 Å². The molecule has 3 aromatic rings. The van der Waals surface area contributed by atoms with Crippen molar-refractivity contribution in [3.05, 3.63) is 76.6 Å². The molecule has 1 amide bonds. The van der Waals surface area contributed by atoms with Gasteiger partial charge >= 0.3 is 6.18 Å². The highest BCUT2D eigenvalue weighted by Crippen LogP contribution is 2.51. The van der Waals surface area contributed by atoms with Crippen LogP contribution in [0.15, 0.2) is 53.7 Å². The van der Waals surface area contributed by atoms with Gasteiger partial charge in [-0.05, 0) is 68.9 Å². The summed E-state index contributed by atoms with van der Waals surface area (Å²) in [6, 6.07) is 9.92. The zero-order valence-corrected chi connectivity index (χ0v) is 26.7. The first kappa shape index (κ1) is 33.3. The highest BCUT2D eigenvalue weighted by molar-refractivity contribution is 7.92. The molecule has 15 heteroatoms. The Kier molecular flexibility index (Phi) is 8.57. The van der Waals surface area contributed by atoms with Crippen LogP contribution in [0.1, 0.15) is 49.1 Å². The molecule has 1 aliphatic heterocycles. The number of alkyl halides is 3. The molecule has 1 N–H and O–H groups in total. The molecule has 2 unspecified atom stereocenters. The lowest BCUT2D eigenvalue weighted by Crippen LogP contribution is -2.45. The number of nitrogens with one attached hydrogen (secondary N) is 1. The topological polar surface area (TPSA) is 125 Å². The third-order valence-electron chi connectivity index (χ3n) is 9.20. The third-order valence-corrected chi connectivity index (χ3v) is 11.8. The Morgan fingerprint density at radius 1 is 1.19 bits per heavy atom. The SMILES string of the molecule is Cc1ncccc1-c1ccc(S(=O)(=O)C2CC(COCNC3(C#N)CC3)N(C(=O)C3(c4ncc(C(F)(F)F)cc4F)CC3)C2)c(Cl)c1. The summed E-state index contributed by atoms with van der Waals surface area (Å²) in [5.41, 5.74) is -1.69. The summed E-state index contributed by atoms with van der Waals surface area (Å²) in [7, 11) is -4.12. The predicted molar refractivity (Wildman–Crippen MR) is 162 cm³/mol. The number of halogens is 5. The first-order valence-corrected chi connectivity index (χ1v) is 16.9. The molecule has 0 spiro atoms. The van der Waals surface area contributed by atoms with Crippen LogP contribution in [0.4, 0.5) is 17.6 Å². The lowest BCUT2D eigenvalue weighted by Gasteiger charge is -2.29. The fraction of sp³-hybridized carbons (Fsp3) is 0.438. The van der Waals surface area contributed by atoms with Gasteiger partial charge in [0.05, 0.1) is 57.3 Å². The highest BCUT2D eigenvalue weighted by Gasteiger charge is 2.58. The van der Waals surface area contributed by atoms with E-state index in [-0.39, 0.29) is 49.1 Å². The number of sulfone groups is 1. The van der Waals surface area contributed by atoms with Crippen LogP contribution in [0.5, 0.6) is 0 Å². The molecule has 2 aliphatic carbocycles. The van der Waals surface area contributed by atoms with Crippen LogP contribution < -0.4 is 5.32 Å². The van der Waals surface area contributed by atoms with Crippen LogP contribution in [0.2, 0.25) is 5.02 Å². The van der Waals surface area contributed by atoms with E-state index in [2.05, 4.69) is 21.4 Å². The van der Waals surface area contributed by atoms with Crippen molar-refractivity contribution in [1.82, 2.24) is 20.2 Å². The molecule has 47 heavy (non-hydrogen) atoms. The van der Waals surface area contributed by atoms with Crippen molar-refractivity contribution in [3.8, 4) is 17.2 Å². The number of ether oxygens (including phenoxy) is 1. The molecule has 2 atom stereocenters. The van der Waals surface area contributed by atoms with Crippen LogP contribution >= 0.6 is 11.6 Å². The lowest BCUT2D eigenvalue weighted by atomic mass is 9.98. The average Bonchev–Trinajstić information content (AvgIpc) is 3.95. The summed E-state index contributed by atoms with van der Waals surface area (Å²) < 4.78 is 88.4. The molecule has 3 heterocycles. The Labute approximate surface area is 273 Å². The Hall–Kier alpha value is -3.64. The largest absolute Gasteiger partial charge is 0.417 e. The fourth-order valence-corrected chi connectivity index (χ4v) is 8.39. The van der Waals surface area contributed by atoms with Gasteiger partial charge in [-0.25, -0.2) is 12.8 Å². The zero-order chi connectivity index (χ0) is 33.8. The van der Waals surface area contributed by atoms with Crippen molar-refractivity contribution in [2.75, 3.05) is 19.9 Å². The van der Waals surface area contributed by atoms with Crippen LogP contribution in [0.3, 0.4) is 0 Å². The summed E-state index contributed by atoms with van der Waals surface area (Å²) >= 11 is 6.55. The van der Waals surface area contributed by atoms with Crippen molar-refractivity contribution in [2.45, 2.75) is 72.3 Å². The van der Waals surface area contributed by atoms with Crippen molar-refractivity contribution in [2.24, 2.45) is 0 Å². The molecule has 1 saturated heterocycles. The number of carbonyl (C=O) groups is 1. The first-order chi connectivity index (χ1) is 22.2. The van der Waals surface area contributed by atoms with E-state index in [4.69, 9.17) is 16.3 Å². The summed E-state index contributed by atoms with van der Waals surface area (Å²) in [4.78, 5) is 23.3. The fourth-order valence-electron chi connectivity index (χ4n) is 6.11. The van der Waals surface area contributed by atoms with Crippen molar-refractivity contribution >= 4 is 27.3 Å². The predicted octanol–water partition coefficient (Wildman–Crippen LogP) is 5.36. The Bertz CT molecular complexity index is 1880. The van der Waals surface area contributed by atoms with E-state index in [1.165, 1.54) is 11.0 Å². The van der Waals surface area contributed by atoms with Crippen LogP contribution in [-0.4, -0.2) is 65.9 Å². The summed E-state index contributed by atoms with van der Waals surface area (Å²) in [6.45, 7) is 1.43. The molecule has 3 aliphatic rings. The van der Waals surface area contributed by atoms with Crippen LogP contribution in [0.25, 0.3) is 11.1 Å². The Morgan fingerprint density at radius 3 is 2.53 bits per heavy atom. The van der Waals surface area contributed by atoms with Crippen LogP contribution in [0, 0.1) is 24.1 Å². The van der Waals surface area contributed by atoms with E-state index in [1.54, 1.807) is 24.4 Å². The van der Waals surface area contributed by atoms with Crippen molar-refractivity contribution in [3.63, 3.8) is 0 Å². The molecule has 2 saturated carbocycles. The molecule has 0 radical (unpaired) electrons. The number of hydrogen-bond acceptors (Lipinski definition) is 8. The van der Waals surface area contributed by atoms with Gasteiger partial charge < -0.3 is 9.64 Å². The van der Waals surface area contributed by atoms with Gasteiger partial charge in [0.2, 0.25) is 5.91 Å². The van der Waals surface area contributed by atoms with Gasteiger partial charge in [-0.3, -0.25) is 20.1 Å². The number of aryl methyl sites for hydroxylation is 1. The lowest BCUT2D eigenvalue weighted by molar-refractivity contribution is -0.138. The number of benzene rings is 1. The second-order valence-corrected chi connectivity index (χ2v) is 14.9. The third kappa shape index (κ3) is 6.34. The maximum Gasteiger partial charge on any atom is 0.417 e. The smallest absolute Gasteiger partial charge is 0.364 e. The summed E-state index contributed by atoms with van der Waals surface area (Å²) in [6.07, 6.45) is -1.12. The number of rotatable bonds is 10. The maximum absolute atomic E-state index is 15.1. The minimum Gasteiger partial charge on any atom is -0.364 e. The number of pyridine rings is 2. The summed E-state index contributed by atoms with van der Waals surface area (Å²) in [5, 5.41) is 11.2. The number of nitriles is 1. The summed E-state index contributed by atoms with van der Waals surface area (Å²) in [5.74, 6) is -1.89. The number of nitrogens with zero attached hydrogens (tertiary/aromatic N) is 4. The molecule has 248 valence electrons. The molecule has 1 aromatic carbocycles. The Balaban J connectivity index is 1.27. The van der Waals surface area contributed by atoms with E-state index in [1.807, 2.05) is 13.0 Å². The van der Waals surface area contributed by atoms with E-state index in [9.17, 15) is 31.6 Å². The molecule has 6 rings (SSSR count). The number of carbonyl (C=O) groups excluding carboxylic acids is 1. The van der Waals surface area contributed by atoms with Crippen molar-refractivity contribution in [1.29, 1.82) is 5.26 Å². The molecular weight excluding hydrogens is 662 g/mol. The van der Waals surface area contributed by atoms with Gasteiger partial charge in [0, 0.05) is 30.2 Å². The molecule has 3 fully saturated rings. The molecular formula is C32H30ClF4N5O4S. The minimum atomic E-state index is -4.82. The van der Waals surface area contributed by atoms with E-state index >= 15 is 4.39 Å². The van der Waals surface area contributed by atoms with Gasteiger partial charge in [-0.15, -0.1) is 0 Å². The van der Waals surface area contributed by atoms with Crippen LogP contribution in [-0.2, 0) is 31.0 Å². The number of aromatic nitrogens is 2. The first-order valence-electron chi connectivity index (χ1n) is 14.9. The monoisotopic (exact) mass is 691 g/mol. The quantitative estimate of drug-likeness (QED) is 0.171. The van der Waals surface area contributed by atoms with Gasteiger partial charge in [-0.1, -0.05) is 23.7 Å². The van der Waals surface area contributed by atoms with Gasteiger partial charge in [-0.2, -0.15) is 18.4 Å². The van der Waals surface area contributed by atoms with Gasteiger partial charge in [0.1, 0.15) is 11.4 Å². The van der Waals surface area contributed by atoms with Gasteiger partial charge in [0.15, 0.2) is 9.84 Å². The molecule has 9 nitrogen and oxygen atoms in total. The number of likely N-dealkylation sites (tertiary alicyclic amines) is 1. The normalized spacial score (nSPS) is 21.3. The average molecular weight is 692 g/mol. The van der Waals surface area contributed by atoms with E-state index in [0.29, 0.717) is 30.7 Å². The maximum atomic E-state index is 15.1. The highest BCUT2D eigenvalue weighted by atomic mass is 35.5. The van der Waals surface area contributed by atoms with E-state index in [0.717, 1.165) is 11.3 Å². The Morgan fingerprint density at radius 2 is 1.94 bits per heavy atom. The molecule has 0 bridgehead atoms. The van der Waals surface area contributed by atoms with Gasteiger partial charge in [0.25, 0.3) is 0 Å². The van der Waals surface area contributed by atoms with E-state index < -0.39 is 61.2 Å². The number of hydrogen-bond donors (Lipinski definition) is 1. The minimum absolute atomic E-state index is 0.00606. The second-order valence-electron chi connectivity index (χ2n) is 12.3. The second kappa shape index (κ2) is 12.1. The standard InChI is InChI=1S/C32H30ClF4N5O4S/c1-19-24(3-2-10-39-19)20-4-5-27(25(33)11-20)47(44,45)23-13-22(16-46-18-41-30(17-38)6-7-30)42(15-23)29(43)31(8-9-31)28-26(34)12-21(14-40-28)32(35,36)37/h2-5,10-12,14,22-23,41H,6-9,13,15-16,18H2,1H3. The number of amides is 1.